The molecular formula is C24H22F3N3O3. The van der Waals surface area contributed by atoms with E-state index >= 15 is 0 Å². The third kappa shape index (κ3) is 4.98. The van der Waals surface area contributed by atoms with Crippen LogP contribution in [0.4, 0.5) is 13.2 Å². The first-order valence-electron chi connectivity index (χ1n) is 10.6. The van der Waals surface area contributed by atoms with Gasteiger partial charge in [-0.15, -0.1) is 0 Å². The molecule has 3 N–H and O–H groups in total. The molecule has 4 rings (SSSR count). The molecule has 2 aromatic carbocycles. The maximum atomic E-state index is 13.3. The minimum absolute atomic E-state index is 0.245. The van der Waals surface area contributed by atoms with Crippen molar-refractivity contribution in [3.8, 4) is 0 Å². The number of hydrogen-bond acceptors (Lipinski definition) is 4. The molecule has 1 aliphatic carbocycles. The highest BCUT2D eigenvalue weighted by Gasteiger charge is 2.34. The number of hydrogen-bond donors (Lipinski definition) is 3. The van der Waals surface area contributed by atoms with Crippen molar-refractivity contribution in [2.45, 2.75) is 37.9 Å². The van der Waals surface area contributed by atoms with Crippen LogP contribution in [0.2, 0.25) is 0 Å². The lowest BCUT2D eigenvalue weighted by atomic mass is 9.98. The van der Waals surface area contributed by atoms with Crippen LogP contribution in [0.15, 0.2) is 54.6 Å². The number of alkyl halides is 3. The first-order chi connectivity index (χ1) is 15.8. The molecule has 0 bridgehead atoms. The molecule has 1 aliphatic rings. The van der Waals surface area contributed by atoms with Crippen molar-refractivity contribution >= 4 is 22.7 Å². The highest BCUT2D eigenvalue weighted by Crippen LogP contribution is 2.32. The van der Waals surface area contributed by atoms with Gasteiger partial charge in [0.25, 0.3) is 5.91 Å². The second-order valence-electron chi connectivity index (χ2n) is 8.15. The lowest BCUT2D eigenvalue weighted by molar-refractivity contribution is -0.141. The van der Waals surface area contributed by atoms with Crippen molar-refractivity contribution < 1.29 is 28.0 Å². The Bertz CT molecular complexity index is 1180. The first-order valence-corrected chi connectivity index (χ1v) is 10.6. The fourth-order valence-corrected chi connectivity index (χ4v) is 4.31. The van der Waals surface area contributed by atoms with Crippen molar-refractivity contribution in [1.29, 1.82) is 0 Å². The van der Waals surface area contributed by atoms with Crippen molar-refractivity contribution in [1.82, 2.24) is 15.8 Å². The summed E-state index contributed by atoms with van der Waals surface area (Å²) in [7, 11) is 0. The van der Waals surface area contributed by atoms with Crippen LogP contribution in [-0.2, 0) is 17.4 Å². The molecule has 2 amide bonds. The fraction of sp³-hybridized carbons (Fsp3) is 0.292. The summed E-state index contributed by atoms with van der Waals surface area (Å²) < 4.78 is 39.9. The van der Waals surface area contributed by atoms with Gasteiger partial charge >= 0.3 is 6.18 Å². The van der Waals surface area contributed by atoms with Gasteiger partial charge in [-0.05, 0) is 54.7 Å². The molecule has 1 fully saturated rings. The smallest absolute Gasteiger partial charge is 0.349 e. The maximum Gasteiger partial charge on any atom is 0.433 e. The molecule has 172 valence electrons. The van der Waals surface area contributed by atoms with Crippen molar-refractivity contribution in [2.75, 3.05) is 0 Å². The Hall–Kier alpha value is -3.46. The number of nitrogens with one attached hydrogen (secondary N) is 2. The number of amides is 2. The second kappa shape index (κ2) is 9.19. The standard InChI is InChI=1S/C24H22F3N3O3/c25-24(26,27)21-13-16(17-4-1-2-6-19(17)28-21)12-14-8-10-15(11-9-14)22(31)29-20-7-3-5-18(20)23(32)30-33/h1-2,4,6,8-11,13,18,20,33H,3,5,7,12H2,(H,29,31)(H,30,32)/t18-,20+/m0/s1. The predicted molar refractivity (Wildman–Crippen MR) is 115 cm³/mol. The highest BCUT2D eigenvalue weighted by molar-refractivity contribution is 5.95. The van der Waals surface area contributed by atoms with E-state index in [2.05, 4.69) is 10.3 Å². The first kappa shape index (κ1) is 22.7. The second-order valence-corrected chi connectivity index (χ2v) is 8.15. The van der Waals surface area contributed by atoms with Crippen LogP contribution in [0.1, 0.15) is 46.4 Å². The molecular weight excluding hydrogens is 435 g/mol. The van der Waals surface area contributed by atoms with Gasteiger partial charge in [-0.3, -0.25) is 14.8 Å². The Morgan fingerprint density at radius 1 is 1.06 bits per heavy atom. The Morgan fingerprint density at radius 2 is 1.79 bits per heavy atom. The number of nitrogens with zero attached hydrogens (tertiary/aromatic N) is 1. The third-order valence-corrected chi connectivity index (χ3v) is 5.98. The van der Waals surface area contributed by atoms with E-state index in [4.69, 9.17) is 5.21 Å². The quantitative estimate of drug-likeness (QED) is 0.395. The zero-order valence-corrected chi connectivity index (χ0v) is 17.5. The van der Waals surface area contributed by atoms with Gasteiger partial charge in [-0.25, -0.2) is 10.5 Å². The summed E-state index contributed by atoms with van der Waals surface area (Å²) in [6.07, 6.45) is -2.32. The Labute approximate surface area is 187 Å². The summed E-state index contributed by atoms with van der Waals surface area (Å²) in [5.41, 5.74) is 2.59. The number of rotatable bonds is 5. The highest BCUT2D eigenvalue weighted by atomic mass is 19.4. The van der Waals surface area contributed by atoms with Gasteiger partial charge in [0.15, 0.2) is 0 Å². The lowest BCUT2D eigenvalue weighted by Gasteiger charge is -2.19. The summed E-state index contributed by atoms with van der Waals surface area (Å²) in [5.74, 6) is -1.35. The molecule has 0 aliphatic heterocycles. The Morgan fingerprint density at radius 3 is 2.48 bits per heavy atom. The summed E-state index contributed by atoms with van der Waals surface area (Å²) >= 11 is 0. The number of hydroxylamine groups is 1. The van der Waals surface area contributed by atoms with Crippen LogP contribution in [0.3, 0.4) is 0 Å². The van der Waals surface area contributed by atoms with Gasteiger partial charge in [0.1, 0.15) is 5.69 Å². The van der Waals surface area contributed by atoms with E-state index in [9.17, 15) is 22.8 Å². The predicted octanol–water partition coefficient (Wildman–Crippen LogP) is 4.25. The average Bonchev–Trinajstić information content (AvgIpc) is 3.26. The normalized spacial score (nSPS) is 18.3. The number of carbonyl (C=O) groups excluding carboxylic acids is 2. The minimum Gasteiger partial charge on any atom is -0.349 e. The number of aromatic nitrogens is 1. The SMILES string of the molecule is O=C(N[C@@H]1CCC[C@@H]1C(=O)NO)c1ccc(Cc2cc(C(F)(F)F)nc3ccccc23)cc1. The van der Waals surface area contributed by atoms with E-state index in [1.54, 1.807) is 54.0 Å². The molecule has 33 heavy (non-hydrogen) atoms. The van der Waals surface area contributed by atoms with E-state index in [1.807, 2.05) is 0 Å². The monoisotopic (exact) mass is 457 g/mol. The van der Waals surface area contributed by atoms with Crippen molar-refractivity contribution in [3.05, 3.63) is 77.0 Å². The molecule has 0 spiro atoms. The van der Waals surface area contributed by atoms with Gasteiger partial charge in [0, 0.05) is 17.0 Å². The van der Waals surface area contributed by atoms with Gasteiger partial charge < -0.3 is 5.32 Å². The van der Waals surface area contributed by atoms with Crippen LogP contribution in [0.25, 0.3) is 10.9 Å². The van der Waals surface area contributed by atoms with Gasteiger partial charge in [-0.1, -0.05) is 36.8 Å². The molecule has 2 atom stereocenters. The van der Waals surface area contributed by atoms with Gasteiger partial charge in [0.2, 0.25) is 5.91 Å². The number of halogens is 3. The number of carbonyl (C=O) groups is 2. The van der Waals surface area contributed by atoms with E-state index in [-0.39, 0.29) is 23.9 Å². The minimum atomic E-state index is -4.55. The van der Waals surface area contributed by atoms with Crippen LogP contribution < -0.4 is 10.8 Å². The van der Waals surface area contributed by atoms with E-state index in [1.165, 1.54) is 0 Å². The molecule has 3 aromatic rings. The molecule has 1 heterocycles. The number of benzene rings is 2. The number of pyridine rings is 1. The van der Waals surface area contributed by atoms with Gasteiger partial charge in [0.05, 0.1) is 11.4 Å². The van der Waals surface area contributed by atoms with Crippen molar-refractivity contribution in [3.63, 3.8) is 0 Å². The number of fused-ring (bicyclic) bond motifs is 1. The average molecular weight is 457 g/mol. The number of para-hydroxylation sites is 1. The Balaban J connectivity index is 1.52. The summed E-state index contributed by atoms with van der Waals surface area (Å²) in [6.45, 7) is 0. The zero-order chi connectivity index (χ0) is 23.6. The molecule has 1 saturated carbocycles. The Kier molecular flexibility index (Phi) is 6.33. The lowest BCUT2D eigenvalue weighted by Crippen LogP contribution is -2.43. The van der Waals surface area contributed by atoms with Gasteiger partial charge in [-0.2, -0.15) is 13.2 Å². The largest absolute Gasteiger partial charge is 0.433 e. The molecule has 0 radical (unpaired) electrons. The molecule has 9 heteroatoms. The molecule has 0 unspecified atom stereocenters. The van der Waals surface area contributed by atoms with Crippen LogP contribution in [0, 0.1) is 5.92 Å². The molecule has 0 saturated heterocycles. The van der Waals surface area contributed by atoms with E-state index in [0.717, 1.165) is 18.1 Å². The van der Waals surface area contributed by atoms with Crippen LogP contribution in [-0.4, -0.2) is 28.0 Å². The van der Waals surface area contributed by atoms with Crippen molar-refractivity contribution in [2.24, 2.45) is 5.92 Å². The maximum absolute atomic E-state index is 13.3. The molecule has 6 nitrogen and oxygen atoms in total. The topological polar surface area (TPSA) is 91.3 Å². The van der Waals surface area contributed by atoms with E-state index in [0.29, 0.717) is 29.4 Å². The van der Waals surface area contributed by atoms with Crippen LogP contribution in [0.5, 0.6) is 0 Å². The summed E-state index contributed by atoms with van der Waals surface area (Å²) in [5, 5.41) is 12.3. The zero-order valence-electron chi connectivity index (χ0n) is 17.5. The van der Waals surface area contributed by atoms with Crippen LogP contribution >= 0.6 is 0 Å². The summed E-state index contributed by atoms with van der Waals surface area (Å²) in [4.78, 5) is 28.1. The third-order valence-electron chi connectivity index (χ3n) is 5.98. The fourth-order valence-electron chi connectivity index (χ4n) is 4.31. The van der Waals surface area contributed by atoms with E-state index < -0.39 is 23.7 Å². The molecule has 1 aromatic heterocycles. The summed E-state index contributed by atoms with van der Waals surface area (Å²) in [6, 6.07) is 14.0.